The van der Waals surface area contributed by atoms with Crippen molar-refractivity contribution in [1.29, 1.82) is 0 Å². The zero-order valence-electron chi connectivity index (χ0n) is 15.9. The molecule has 1 amide bonds. The summed E-state index contributed by atoms with van der Waals surface area (Å²) in [5.74, 6) is 0.615. The highest BCUT2D eigenvalue weighted by molar-refractivity contribution is 5.97. The molecule has 7 nitrogen and oxygen atoms in total. The van der Waals surface area contributed by atoms with Gasteiger partial charge in [-0.3, -0.25) is 4.79 Å². The standard InChI is InChI=1S/C19H31N5O2/c1-3-19(10-5-11-19)24-17-15(16(20)25)12-21-18(23-17)22-13-6-8-14(9-7-13)26-4-2/h12-14H,3-11H2,1-2H3,(H2,20,25)(H2,21,22,23,24)/t13-,14-. The highest BCUT2D eigenvalue weighted by Crippen LogP contribution is 2.38. The average molecular weight is 361 g/mol. The molecule has 26 heavy (non-hydrogen) atoms. The van der Waals surface area contributed by atoms with Gasteiger partial charge in [-0.1, -0.05) is 6.92 Å². The van der Waals surface area contributed by atoms with Gasteiger partial charge in [-0.2, -0.15) is 4.98 Å². The van der Waals surface area contributed by atoms with Crippen molar-refractivity contribution in [3.8, 4) is 0 Å². The number of nitrogens with zero attached hydrogens (tertiary/aromatic N) is 2. The quantitative estimate of drug-likeness (QED) is 0.657. The molecule has 0 aliphatic heterocycles. The zero-order chi connectivity index (χ0) is 18.6. The SMILES string of the molecule is CCO[C@H]1CC[C@H](Nc2ncc(C(N)=O)c(NC3(CC)CCC3)n2)CC1. The van der Waals surface area contributed by atoms with Gasteiger partial charge in [-0.05, 0) is 58.3 Å². The number of amides is 1. The summed E-state index contributed by atoms with van der Waals surface area (Å²) >= 11 is 0. The summed E-state index contributed by atoms with van der Waals surface area (Å²) in [5.41, 5.74) is 5.91. The summed E-state index contributed by atoms with van der Waals surface area (Å²) in [6, 6.07) is 0.336. The molecule has 1 aromatic heterocycles. The third-order valence-electron chi connectivity index (χ3n) is 5.84. The first-order chi connectivity index (χ1) is 12.5. The molecule has 3 rings (SSSR count). The van der Waals surface area contributed by atoms with Crippen molar-refractivity contribution >= 4 is 17.7 Å². The first-order valence-corrected chi connectivity index (χ1v) is 9.88. The van der Waals surface area contributed by atoms with Crippen LogP contribution < -0.4 is 16.4 Å². The molecule has 1 aromatic rings. The number of carbonyl (C=O) groups excluding carboxylic acids is 1. The van der Waals surface area contributed by atoms with Gasteiger partial charge < -0.3 is 21.1 Å². The van der Waals surface area contributed by atoms with E-state index < -0.39 is 5.91 Å². The van der Waals surface area contributed by atoms with Gasteiger partial charge in [0, 0.05) is 24.4 Å². The van der Waals surface area contributed by atoms with Crippen molar-refractivity contribution in [3.05, 3.63) is 11.8 Å². The molecule has 7 heteroatoms. The van der Waals surface area contributed by atoms with Crippen LogP contribution in [0.3, 0.4) is 0 Å². The number of aromatic nitrogens is 2. The largest absolute Gasteiger partial charge is 0.379 e. The molecule has 0 atom stereocenters. The van der Waals surface area contributed by atoms with Crippen molar-refractivity contribution in [2.45, 2.75) is 82.9 Å². The minimum absolute atomic E-state index is 0.0331. The summed E-state index contributed by atoms with van der Waals surface area (Å²) in [7, 11) is 0. The molecule has 144 valence electrons. The maximum atomic E-state index is 11.8. The molecule has 0 radical (unpaired) electrons. The lowest BCUT2D eigenvalue weighted by Gasteiger charge is -2.42. The molecule has 0 bridgehead atoms. The first-order valence-electron chi connectivity index (χ1n) is 9.88. The Morgan fingerprint density at radius 3 is 2.58 bits per heavy atom. The number of hydrogen-bond acceptors (Lipinski definition) is 6. The van der Waals surface area contributed by atoms with Gasteiger partial charge in [0.15, 0.2) is 0 Å². The van der Waals surface area contributed by atoms with E-state index >= 15 is 0 Å². The maximum Gasteiger partial charge on any atom is 0.254 e. The molecule has 0 saturated heterocycles. The number of primary amides is 1. The molecular formula is C19H31N5O2. The van der Waals surface area contributed by atoms with Crippen LogP contribution in [-0.2, 0) is 4.74 Å². The second kappa shape index (κ2) is 8.20. The van der Waals surface area contributed by atoms with Crippen LogP contribution >= 0.6 is 0 Å². The lowest BCUT2D eigenvalue weighted by Crippen LogP contribution is -2.45. The Morgan fingerprint density at radius 1 is 1.31 bits per heavy atom. The fourth-order valence-corrected chi connectivity index (χ4v) is 3.94. The summed E-state index contributed by atoms with van der Waals surface area (Å²) in [4.78, 5) is 20.7. The molecule has 2 aliphatic rings. The van der Waals surface area contributed by atoms with Crippen LogP contribution in [0.2, 0.25) is 0 Å². The van der Waals surface area contributed by atoms with E-state index in [9.17, 15) is 4.79 Å². The summed E-state index contributed by atoms with van der Waals surface area (Å²) in [5, 5.41) is 6.90. The summed E-state index contributed by atoms with van der Waals surface area (Å²) in [6.45, 7) is 4.97. The lowest BCUT2D eigenvalue weighted by molar-refractivity contribution is 0.0346. The van der Waals surface area contributed by atoms with Crippen LogP contribution in [0.15, 0.2) is 6.20 Å². The van der Waals surface area contributed by atoms with E-state index in [0.29, 0.717) is 29.5 Å². The second-order valence-corrected chi connectivity index (χ2v) is 7.51. The summed E-state index contributed by atoms with van der Waals surface area (Å²) in [6.07, 6.45) is 10.5. The highest BCUT2D eigenvalue weighted by atomic mass is 16.5. The predicted molar refractivity (Wildman–Crippen MR) is 102 cm³/mol. The molecule has 2 aliphatic carbocycles. The van der Waals surface area contributed by atoms with Crippen LogP contribution in [0.4, 0.5) is 11.8 Å². The van der Waals surface area contributed by atoms with Crippen LogP contribution in [0.1, 0.15) is 75.6 Å². The number of carbonyl (C=O) groups is 1. The van der Waals surface area contributed by atoms with Crippen LogP contribution in [0, 0.1) is 0 Å². The number of rotatable bonds is 8. The van der Waals surface area contributed by atoms with Crippen LogP contribution in [0.5, 0.6) is 0 Å². The Morgan fingerprint density at radius 2 is 2.04 bits per heavy atom. The predicted octanol–water partition coefficient (Wildman–Crippen LogP) is 3.08. The van der Waals surface area contributed by atoms with E-state index in [0.717, 1.165) is 51.6 Å². The van der Waals surface area contributed by atoms with E-state index in [2.05, 4.69) is 27.5 Å². The highest BCUT2D eigenvalue weighted by Gasteiger charge is 2.36. The molecular weight excluding hydrogens is 330 g/mol. The Labute approximate surface area is 155 Å². The van der Waals surface area contributed by atoms with Gasteiger partial charge in [0.05, 0.1) is 11.7 Å². The van der Waals surface area contributed by atoms with Gasteiger partial charge in [-0.25, -0.2) is 4.98 Å². The normalized spacial score (nSPS) is 24.5. The molecule has 4 N–H and O–H groups in total. The molecule has 1 heterocycles. The number of anilines is 2. The topological polar surface area (TPSA) is 102 Å². The molecule has 0 aromatic carbocycles. The third kappa shape index (κ3) is 4.26. The third-order valence-corrected chi connectivity index (χ3v) is 5.84. The minimum Gasteiger partial charge on any atom is -0.379 e. The van der Waals surface area contributed by atoms with E-state index in [1.807, 2.05) is 6.92 Å². The van der Waals surface area contributed by atoms with Crippen molar-refractivity contribution in [2.75, 3.05) is 17.2 Å². The van der Waals surface area contributed by atoms with Gasteiger partial charge in [-0.15, -0.1) is 0 Å². The molecule has 2 saturated carbocycles. The number of nitrogens with one attached hydrogen (secondary N) is 2. The van der Waals surface area contributed by atoms with Crippen LogP contribution in [-0.4, -0.2) is 40.2 Å². The smallest absolute Gasteiger partial charge is 0.254 e. The monoisotopic (exact) mass is 361 g/mol. The molecule has 0 spiro atoms. The van der Waals surface area contributed by atoms with E-state index in [1.165, 1.54) is 12.6 Å². The van der Waals surface area contributed by atoms with Crippen LogP contribution in [0.25, 0.3) is 0 Å². The fourth-order valence-electron chi connectivity index (χ4n) is 3.94. The Hall–Kier alpha value is -1.89. The maximum absolute atomic E-state index is 11.8. The Balaban J connectivity index is 1.68. The average Bonchev–Trinajstić information content (AvgIpc) is 2.60. The van der Waals surface area contributed by atoms with E-state index in [4.69, 9.17) is 10.5 Å². The first kappa shape index (κ1) is 18.9. The van der Waals surface area contributed by atoms with E-state index in [-0.39, 0.29) is 5.54 Å². The summed E-state index contributed by atoms with van der Waals surface area (Å²) < 4.78 is 5.71. The van der Waals surface area contributed by atoms with Crippen molar-refractivity contribution < 1.29 is 9.53 Å². The van der Waals surface area contributed by atoms with Gasteiger partial charge in [0.2, 0.25) is 5.95 Å². The van der Waals surface area contributed by atoms with Gasteiger partial charge in [0.25, 0.3) is 5.91 Å². The number of nitrogens with two attached hydrogens (primary N) is 1. The second-order valence-electron chi connectivity index (χ2n) is 7.51. The number of ether oxygens (including phenoxy) is 1. The van der Waals surface area contributed by atoms with E-state index in [1.54, 1.807) is 0 Å². The zero-order valence-corrected chi connectivity index (χ0v) is 15.9. The Bertz CT molecular complexity index is 619. The van der Waals surface area contributed by atoms with Crippen molar-refractivity contribution in [2.24, 2.45) is 5.73 Å². The van der Waals surface area contributed by atoms with Crippen molar-refractivity contribution in [1.82, 2.24) is 9.97 Å². The Kier molecular flexibility index (Phi) is 5.96. The van der Waals surface area contributed by atoms with Crippen molar-refractivity contribution in [3.63, 3.8) is 0 Å². The minimum atomic E-state index is -0.498. The molecule has 2 fully saturated rings. The van der Waals surface area contributed by atoms with Gasteiger partial charge >= 0.3 is 0 Å². The number of hydrogen-bond donors (Lipinski definition) is 3. The molecule has 0 unspecified atom stereocenters. The fraction of sp³-hybridized carbons (Fsp3) is 0.737. The lowest BCUT2D eigenvalue weighted by atomic mass is 9.75. The van der Waals surface area contributed by atoms with Gasteiger partial charge in [0.1, 0.15) is 5.82 Å².